The van der Waals surface area contributed by atoms with Crippen LogP contribution >= 0.6 is 0 Å². The molecule has 16 heavy (non-hydrogen) atoms. The van der Waals surface area contributed by atoms with E-state index in [-0.39, 0.29) is 22.3 Å². The van der Waals surface area contributed by atoms with Crippen molar-refractivity contribution >= 4 is 11.8 Å². The minimum absolute atomic E-state index is 0.00213. The molecular formula is C11H6N2O3. The highest BCUT2D eigenvalue weighted by atomic mass is 16.4. The molecule has 0 saturated heterocycles. The van der Waals surface area contributed by atoms with Crippen molar-refractivity contribution in [2.24, 2.45) is 0 Å². The van der Waals surface area contributed by atoms with E-state index in [2.05, 4.69) is 0 Å². The highest BCUT2D eigenvalue weighted by molar-refractivity contribution is 6.05. The molecule has 0 unspecified atom stereocenters. The first-order chi connectivity index (χ1) is 7.51. The summed E-state index contributed by atoms with van der Waals surface area (Å²) >= 11 is 0. The molecule has 0 aromatic heterocycles. The van der Waals surface area contributed by atoms with Crippen LogP contribution in [0.5, 0.6) is 0 Å². The second-order valence-corrected chi connectivity index (χ2v) is 3.03. The molecule has 0 aliphatic rings. The van der Waals surface area contributed by atoms with E-state index in [1.54, 1.807) is 12.1 Å². The fourth-order valence-corrected chi connectivity index (χ4v) is 1.25. The topological polar surface area (TPSA) is 102 Å². The van der Waals surface area contributed by atoms with Gasteiger partial charge in [-0.3, -0.25) is 4.79 Å². The number of carboxylic acids is 1. The van der Waals surface area contributed by atoms with Gasteiger partial charge in [-0.2, -0.15) is 10.5 Å². The Labute approximate surface area is 91.2 Å². The Bertz CT molecular complexity index is 511. The smallest absolute Gasteiger partial charge is 0.336 e. The van der Waals surface area contributed by atoms with Crippen LogP contribution in [-0.4, -0.2) is 16.9 Å². The summed E-state index contributed by atoms with van der Waals surface area (Å²) < 4.78 is 0. The van der Waals surface area contributed by atoms with Crippen LogP contribution in [0.1, 0.15) is 38.8 Å². The first-order valence-electron chi connectivity index (χ1n) is 4.23. The zero-order valence-electron chi connectivity index (χ0n) is 8.31. The number of carbonyl (C=O) groups excluding carboxylic acids is 1. The third-order valence-electron chi connectivity index (χ3n) is 2.01. The summed E-state index contributed by atoms with van der Waals surface area (Å²) in [6.07, 6.45) is 0. The van der Waals surface area contributed by atoms with Crippen LogP contribution in [0.15, 0.2) is 12.1 Å². The first kappa shape index (κ1) is 11.4. The molecule has 5 nitrogen and oxygen atoms in total. The van der Waals surface area contributed by atoms with Crippen molar-refractivity contribution in [1.82, 2.24) is 0 Å². The SMILES string of the molecule is CC(=O)c1cc(C#N)c(C#N)cc1C(=O)O. The van der Waals surface area contributed by atoms with Gasteiger partial charge in [-0.05, 0) is 19.1 Å². The Morgan fingerprint density at radius 2 is 1.56 bits per heavy atom. The van der Waals surface area contributed by atoms with E-state index < -0.39 is 11.8 Å². The van der Waals surface area contributed by atoms with Crippen LogP contribution in [0.2, 0.25) is 0 Å². The van der Waals surface area contributed by atoms with Crippen LogP contribution < -0.4 is 0 Å². The molecule has 0 atom stereocenters. The zero-order valence-corrected chi connectivity index (χ0v) is 8.31. The van der Waals surface area contributed by atoms with E-state index >= 15 is 0 Å². The number of Topliss-reactive ketones (excluding diaryl/α,β-unsaturated/α-hetero) is 1. The Hall–Kier alpha value is -2.66. The lowest BCUT2D eigenvalue weighted by molar-refractivity contribution is 0.0692. The second-order valence-electron chi connectivity index (χ2n) is 3.03. The first-order valence-corrected chi connectivity index (χ1v) is 4.23. The highest BCUT2D eigenvalue weighted by Gasteiger charge is 2.17. The van der Waals surface area contributed by atoms with Crippen molar-refractivity contribution in [3.8, 4) is 12.1 Å². The fourth-order valence-electron chi connectivity index (χ4n) is 1.25. The largest absolute Gasteiger partial charge is 0.478 e. The normalized spacial score (nSPS) is 8.94. The van der Waals surface area contributed by atoms with Crippen LogP contribution in [0.4, 0.5) is 0 Å². The van der Waals surface area contributed by atoms with Crippen LogP contribution in [0.25, 0.3) is 0 Å². The summed E-state index contributed by atoms with van der Waals surface area (Å²) in [4.78, 5) is 22.0. The van der Waals surface area contributed by atoms with Gasteiger partial charge in [0.15, 0.2) is 5.78 Å². The molecule has 78 valence electrons. The number of aromatic carboxylic acids is 1. The van der Waals surface area contributed by atoms with Crippen LogP contribution in [0, 0.1) is 22.7 Å². The summed E-state index contributed by atoms with van der Waals surface area (Å²) in [5, 5.41) is 26.3. The van der Waals surface area contributed by atoms with Crippen molar-refractivity contribution in [2.75, 3.05) is 0 Å². The maximum Gasteiger partial charge on any atom is 0.336 e. The Kier molecular flexibility index (Phi) is 3.03. The summed E-state index contributed by atoms with van der Waals surface area (Å²) in [5.41, 5.74) is -0.381. The van der Waals surface area contributed by atoms with Gasteiger partial charge < -0.3 is 5.11 Å². The molecule has 0 saturated carbocycles. The molecule has 0 fully saturated rings. The summed E-state index contributed by atoms with van der Waals surface area (Å²) in [7, 11) is 0. The number of rotatable bonds is 2. The number of nitrogens with zero attached hydrogens (tertiary/aromatic N) is 2. The maximum absolute atomic E-state index is 11.2. The average Bonchev–Trinajstić information content (AvgIpc) is 2.26. The predicted octanol–water partition coefficient (Wildman–Crippen LogP) is 1.33. The number of ketones is 1. The van der Waals surface area contributed by atoms with Gasteiger partial charge in [0.2, 0.25) is 0 Å². The standard InChI is InChI=1S/C11H6N2O3/c1-6(14)9-2-7(4-12)8(5-13)3-10(9)11(15)16/h2-3H,1H3,(H,15,16). The van der Waals surface area contributed by atoms with Gasteiger partial charge in [0.25, 0.3) is 0 Å². The van der Waals surface area contributed by atoms with E-state index in [4.69, 9.17) is 15.6 Å². The monoisotopic (exact) mass is 214 g/mol. The van der Waals surface area contributed by atoms with E-state index in [1.165, 1.54) is 6.92 Å². The third kappa shape index (κ3) is 1.89. The van der Waals surface area contributed by atoms with Crippen LogP contribution in [-0.2, 0) is 0 Å². The molecule has 0 spiro atoms. The molecular weight excluding hydrogens is 208 g/mol. The Balaban J connectivity index is 3.64. The van der Waals surface area contributed by atoms with Crippen molar-refractivity contribution in [1.29, 1.82) is 10.5 Å². The predicted molar refractivity (Wildman–Crippen MR) is 52.8 cm³/mol. The van der Waals surface area contributed by atoms with Gasteiger partial charge in [0, 0.05) is 5.56 Å². The molecule has 0 amide bonds. The number of nitriles is 2. The number of carboxylic acid groups (broad SMARTS) is 1. The second kappa shape index (κ2) is 4.24. The van der Waals surface area contributed by atoms with E-state index in [1.807, 2.05) is 0 Å². The van der Waals surface area contributed by atoms with Gasteiger partial charge >= 0.3 is 5.97 Å². The molecule has 0 aliphatic heterocycles. The highest BCUT2D eigenvalue weighted by Crippen LogP contribution is 2.17. The quantitative estimate of drug-likeness (QED) is 0.748. The maximum atomic E-state index is 11.2. The molecule has 5 heteroatoms. The molecule has 1 rings (SSSR count). The fraction of sp³-hybridized carbons (Fsp3) is 0.0909. The minimum Gasteiger partial charge on any atom is -0.478 e. The molecule has 0 heterocycles. The number of benzene rings is 1. The van der Waals surface area contributed by atoms with Gasteiger partial charge in [0.1, 0.15) is 12.1 Å². The number of hydrogen-bond donors (Lipinski definition) is 1. The van der Waals surface area contributed by atoms with Crippen molar-refractivity contribution < 1.29 is 14.7 Å². The van der Waals surface area contributed by atoms with E-state index in [0.29, 0.717) is 0 Å². The molecule has 1 aromatic carbocycles. The zero-order chi connectivity index (χ0) is 12.3. The molecule has 1 N–H and O–H groups in total. The average molecular weight is 214 g/mol. The molecule has 0 bridgehead atoms. The summed E-state index contributed by atoms with van der Waals surface area (Å²) in [6.45, 7) is 1.20. The molecule has 0 aliphatic carbocycles. The summed E-state index contributed by atoms with van der Waals surface area (Å²) in [5.74, 6) is -1.76. The lowest BCUT2D eigenvalue weighted by atomic mass is 9.97. The van der Waals surface area contributed by atoms with Crippen molar-refractivity contribution in [3.63, 3.8) is 0 Å². The van der Waals surface area contributed by atoms with Crippen molar-refractivity contribution in [2.45, 2.75) is 6.92 Å². The third-order valence-corrected chi connectivity index (χ3v) is 2.01. The van der Waals surface area contributed by atoms with Gasteiger partial charge in [-0.15, -0.1) is 0 Å². The Morgan fingerprint density at radius 1 is 1.12 bits per heavy atom. The Morgan fingerprint density at radius 3 is 1.88 bits per heavy atom. The molecule has 1 aromatic rings. The van der Waals surface area contributed by atoms with E-state index in [0.717, 1.165) is 12.1 Å². The van der Waals surface area contributed by atoms with Gasteiger partial charge in [-0.25, -0.2) is 4.79 Å². The van der Waals surface area contributed by atoms with E-state index in [9.17, 15) is 9.59 Å². The van der Waals surface area contributed by atoms with Gasteiger partial charge in [-0.1, -0.05) is 0 Å². The van der Waals surface area contributed by atoms with Crippen molar-refractivity contribution in [3.05, 3.63) is 34.4 Å². The lowest BCUT2D eigenvalue weighted by Gasteiger charge is -2.04. The molecule has 0 radical (unpaired) electrons. The lowest BCUT2D eigenvalue weighted by Crippen LogP contribution is -2.08. The number of hydrogen-bond acceptors (Lipinski definition) is 4. The van der Waals surface area contributed by atoms with Crippen LogP contribution in [0.3, 0.4) is 0 Å². The van der Waals surface area contributed by atoms with Gasteiger partial charge in [0.05, 0.1) is 16.7 Å². The summed E-state index contributed by atoms with van der Waals surface area (Å²) in [6, 6.07) is 5.62. The number of carbonyl (C=O) groups is 2. The minimum atomic E-state index is -1.30.